The molecule has 11 heteroatoms. The lowest BCUT2D eigenvalue weighted by Gasteiger charge is -2.35. The van der Waals surface area contributed by atoms with Crippen LogP contribution < -0.4 is 10.6 Å². The van der Waals surface area contributed by atoms with Gasteiger partial charge in [0.25, 0.3) is 0 Å². The van der Waals surface area contributed by atoms with E-state index in [0.717, 1.165) is 38.1 Å². The highest BCUT2D eigenvalue weighted by Gasteiger charge is 2.32. The van der Waals surface area contributed by atoms with Crippen molar-refractivity contribution in [3.8, 4) is 11.3 Å². The molecule has 2 saturated heterocycles. The third-order valence-electron chi connectivity index (χ3n) is 5.68. The zero-order valence-electron chi connectivity index (χ0n) is 16.7. The molecule has 164 valence electrons. The van der Waals surface area contributed by atoms with Crippen molar-refractivity contribution >= 4 is 27.4 Å². The molecular formula is C19H26ClN5O4S. The minimum atomic E-state index is -3.32. The molecule has 3 N–H and O–H groups in total. The van der Waals surface area contributed by atoms with Gasteiger partial charge in [-0.05, 0) is 38.4 Å². The van der Waals surface area contributed by atoms with Crippen LogP contribution in [0.2, 0.25) is 5.02 Å². The van der Waals surface area contributed by atoms with Crippen LogP contribution in [-0.4, -0.2) is 72.4 Å². The molecule has 0 radical (unpaired) electrons. The summed E-state index contributed by atoms with van der Waals surface area (Å²) in [6, 6.07) is 1.45. The predicted molar refractivity (Wildman–Crippen MR) is 114 cm³/mol. The van der Waals surface area contributed by atoms with Gasteiger partial charge in [0, 0.05) is 30.8 Å². The van der Waals surface area contributed by atoms with E-state index in [2.05, 4.69) is 20.6 Å². The summed E-state index contributed by atoms with van der Waals surface area (Å²) in [6.45, 7) is 2.30. The molecule has 2 fully saturated rings. The van der Waals surface area contributed by atoms with E-state index in [9.17, 15) is 13.5 Å². The first-order valence-electron chi connectivity index (χ1n) is 10.0. The monoisotopic (exact) mass is 455 g/mol. The molecule has 0 unspecified atom stereocenters. The summed E-state index contributed by atoms with van der Waals surface area (Å²) in [4.78, 5) is 8.75. The molecule has 0 amide bonds. The molecule has 2 aliphatic heterocycles. The number of halogens is 1. The molecule has 4 rings (SSSR count). The summed E-state index contributed by atoms with van der Waals surface area (Å²) >= 11 is 6.36. The summed E-state index contributed by atoms with van der Waals surface area (Å²) in [5.74, 6) is 2.13. The van der Waals surface area contributed by atoms with Crippen molar-refractivity contribution < 1.29 is 17.9 Å². The lowest BCUT2D eigenvalue weighted by molar-refractivity contribution is 0.0952. The maximum absolute atomic E-state index is 11.7. The van der Waals surface area contributed by atoms with Crippen molar-refractivity contribution in [3.05, 3.63) is 29.4 Å². The Morgan fingerprint density at radius 3 is 2.73 bits per heavy atom. The first kappa shape index (κ1) is 21.5. The molecule has 4 heterocycles. The molecule has 0 aliphatic carbocycles. The molecule has 2 aliphatic rings. The van der Waals surface area contributed by atoms with Crippen LogP contribution in [0, 0.1) is 0 Å². The normalized spacial score (nSPS) is 24.1. The number of aliphatic hydroxyl groups is 1. The lowest BCUT2D eigenvalue weighted by Crippen LogP contribution is -2.51. The number of piperidine rings is 2. The van der Waals surface area contributed by atoms with E-state index >= 15 is 0 Å². The van der Waals surface area contributed by atoms with Crippen molar-refractivity contribution in [1.29, 1.82) is 0 Å². The first-order chi connectivity index (χ1) is 14.3. The molecule has 9 nitrogen and oxygen atoms in total. The predicted octanol–water partition coefficient (Wildman–Crippen LogP) is 1.66. The SMILES string of the molecule is CS(=O)(=O)N1CC[C@@H](Nc2cc(-c3cnc(C4CCNCC4)o3)c(Cl)cn2)[C@H](O)C1. The number of oxazole rings is 1. The van der Waals surface area contributed by atoms with E-state index in [0.29, 0.717) is 41.0 Å². The Morgan fingerprint density at radius 1 is 1.27 bits per heavy atom. The second-order valence-electron chi connectivity index (χ2n) is 7.86. The van der Waals surface area contributed by atoms with E-state index in [1.54, 1.807) is 12.3 Å². The number of sulfonamides is 1. The highest BCUT2D eigenvalue weighted by molar-refractivity contribution is 7.88. The van der Waals surface area contributed by atoms with Gasteiger partial charge >= 0.3 is 0 Å². The number of anilines is 1. The number of aromatic nitrogens is 2. The van der Waals surface area contributed by atoms with E-state index in [-0.39, 0.29) is 12.6 Å². The fraction of sp³-hybridized carbons (Fsp3) is 0.579. The van der Waals surface area contributed by atoms with Crippen LogP contribution in [0.15, 0.2) is 22.9 Å². The quantitative estimate of drug-likeness (QED) is 0.622. The molecule has 30 heavy (non-hydrogen) atoms. The highest BCUT2D eigenvalue weighted by Crippen LogP contribution is 2.33. The van der Waals surface area contributed by atoms with Crippen molar-refractivity contribution in [3.63, 3.8) is 0 Å². The number of β-amino-alcohol motifs (C(OH)–C–C–N with tert-alkyl or cyclic N) is 1. The van der Waals surface area contributed by atoms with E-state index < -0.39 is 16.1 Å². The average Bonchev–Trinajstić information content (AvgIpc) is 3.21. The van der Waals surface area contributed by atoms with Gasteiger partial charge in [0.2, 0.25) is 10.0 Å². The summed E-state index contributed by atoms with van der Waals surface area (Å²) in [5.41, 5.74) is 0.671. The Morgan fingerprint density at radius 2 is 2.03 bits per heavy atom. The molecule has 0 spiro atoms. The maximum Gasteiger partial charge on any atom is 0.211 e. The van der Waals surface area contributed by atoms with Gasteiger partial charge < -0.3 is 20.2 Å². The van der Waals surface area contributed by atoms with Gasteiger partial charge in [-0.15, -0.1) is 0 Å². The number of nitrogens with one attached hydrogen (secondary N) is 2. The molecule has 2 aromatic rings. The Bertz CT molecular complexity index is 993. The third kappa shape index (κ3) is 4.78. The Kier molecular flexibility index (Phi) is 6.31. The van der Waals surface area contributed by atoms with Crippen LogP contribution >= 0.6 is 11.6 Å². The number of pyridine rings is 1. The van der Waals surface area contributed by atoms with Gasteiger partial charge in [-0.1, -0.05) is 11.6 Å². The second-order valence-corrected chi connectivity index (χ2v) is 10.3. The molecule has 0 aromatic carbocycles. The summed E-state index contributed by atoms with van der Waals surface area (Å²) in [7, 11) is -3.32. The second kappa shape index (κ2) is 8.80. The number of hydrogen-bond acceptors (Lipinski definition) is 8. The highest BCUT2D eigenvalue weighted by atomic mass is 35.5. The number of nitrogens with zero attached hydrogens (tertiary/aromatic N) is 3. The summed E-state index contributed by atoms with van der Waals surface area (Å²) in [6.07, 6.45) is 5.96. The lowest BCUT2D eigenvalue weighted by atomic mass is 9.98. The van der Waals surface area contributed by atoms with Gasteiger partial charge in [-0.2, -0.15) is 4.31 Å². The topological polar surface area (TPSA) is 121 Å². The molecule has 0 saturated carbocycles. The first-order valence-corrected chi connectivity index (χ1v) is 12.3. The van der Waals surface area contributed by atoms with Gasteiger partial charge in [0.1, 0.15) is 5.82 Å². The van der Waals surface area contributed by atoms with E-state index in [1.807, 2.05) is 0 Å². The van der Waals surface area contributed by atoms with Crippen LogP contribution in [0.3, 0.4) is 0 Å². The van der Waals surface area contributed by atoms with Gasteiger partial charge in [-0.25, -0.2) is 18.4 Å². The number of aliphatic hydroxyl groups excluding tert-OH is 1. The fourth-order valence-electron chi connectivity index (χ4n) is 3.94. The van der Waals surface area contributed by atoms with E-state index in [1.165, 1.54) is 10.5 Å². The molecule has 0 bridgehead atoms. The van der Waals surface area contributed by atoms with Crippen LogP contribution in [0.5, 0.6) is 0 Å². The summed E-state index contributed by atoms with van der Waals surface area (Å²) in [5, 5.41) is 17.4. The Balaban J connectivity index is 1.48. The minimum absolute atomic E-state index is 0.0542. The zero-order chi connectivity index (χ0) is 21.3. The van der Waals surface area contributed by atoms with Crippen molar-refractivity contribution in [1.82, 2.24) is 19.6 Å². The average molecular weight is 456 g/mol. The van der Waals surface area contributed by atoms with Gasteiger partial charge in [-0.3, -0.25) is 0 Å². The van der Waals surface area contributed by atoms with Crippen molar-refractivity contribution in [2.75, 3.05) is 37.8 Å². The van der Waals surface area contributed by atoms with Gasteiger partial charge in [0.15, 0.2) is 11.7 Å². The fourth-order valence-corrected chi connectivity index (χ4v) is 5.00. The van der Waals surface area contributed by atoms with Crippen molar-refractivity contribution in [2.24, 2.45) is 0 Å². The Labute approximate surface area is 180 Å². The van der Waals surface area contributed by atoms with E-state index in [4.69, 9.17) is 16.0 Å². The maximum atomic E-state index is 11.7. The summed E-state index contributed by atoms with van der Waals surface area (Å²) < 4.78 is 30.7. The largest absolute Gasteiger partial charge is 0.440 e. The van der Waals surface area contributed by atoms with Gasteiger partial charge in [0.05, 0.1) is 29.6 Å². The third-order valence-corrected chi connectivity index (χ3v) is 7.25. The molecular weight excluding hydrogens is 430 g/mol. The number of hydrogen-bond donors (Lipinski definition) is 3. The standard InChI is InChI=1S/C19H26ClN5O4S/c1-30(27,28)25-7-4-15(16(26)11-25)24-18-8-13(14(20)9-22-18)17-10-23-19(29-17)12-2-5-21-6-3-12/h8-10,12,15-16,21,26H,2-7,11H2,1H3,(H,22,24)/t15-,16-/m1/s1. The molecule has 2 atom stereocenters. The number of rotatable bonds is 5. The van der Waals surface area contributed by atoms with Crippen LogP contribution in [0.1, 0.15) is 31.1 Å². The minimum Gasteiger partial charge on any atom is -0.440 e. The van der Waals surface area contributed by atoms with Crippen LogP contribution in [0.25, 0.3) is 11.3 Å². The Hall–Kier alpha value is -1.72. The zero-order valence-corrected chi connectivity index (χ0v) is 18.3. The molecule has 2 aromatic heterocycles. The van der Waals surface area contributed by atoms with Crippen molar-refractivity contribution in [2.45, 2.75) is 37.3 Å². The smallest absolute Gasteiger partial charge is 0.211 e. The van der Waals surface area contributed by atoms with Crippen LogP contribution in [-0.2, 0) is 10.0 Å². The van der Waals surface area contributed by atoms with Crippen LogP contribution in [0.4, 0.5) is 5.82 Å².